The number of unbranched alkanes of at least 4 members (excludes halogenated alkanes) is 4. The molecule has 2 aliphatic rings. The van der Waals surface area contributed by atoms with Crippen LogP contribution in [0.4, 0.5) is 11.4 Å². The maximum absolute atomic E-state index is 11.8. The number of hydrogen-bond donors (Lipinski definition) is 2. The molecular formula is C53H62N6O3S2+2. The normalized spacial score (nSPS) is 14.2. The van der Waals surface area contributed by atoms with Crippen molar-refractivity contribution in [3.05, 3.63) is 143 Å². The summed E-state index contributed by atoms with van der Waals surface area (Å²) >= 11 is 3.65. The molecular weight excluding hydrogens is 833 g/mol. The third-order valence-corrected chi connectivity index (χ3v) is 14.0. The highest BCUT2D eigenvalue weighted by Crippen LogP contribution is 2.46. The standard InChI is InChI=1S/C27H31N3O2S.C26H30N3OS/c1-29-24-12-7-8-13-25(24)33-27(29)20-21-15-18-30(23-11-6-5-10-22(21)23)17-9-3-4-14-26(31)28-16-19-32-2;1-27-19-21(30)10-4-3-9-16-29-17-15-20(22-11-5-6-12-23(22)29)18-26-28(2)24-13-7-8-14-25(24)31-26/h5-8,10-13,15,18,20H,3-4,9,14,16-17,19H2,1-2H3;5-8,11-15,17-18,27H,3-4,9-10,16,19H2,1-2H3/q;+1/p+1. The number of ketones is 1. The molecule has 0 saturated carbocycles. The third kappa shape index (κ3) is 12.0. The van der Waals surface area contributed by atoms with Crippen LogP contribution in [0.25, 0.3) is 34.0 Å². The van der Waals surface area contributed by atoms with Crippen molar-refractivity contribution in [1.29, 1.82) is 0 Å². The Bertz CT molecular complexity index is 2610. The number of carbonyl (C=O) groups is 2. The number of anilines is 2. The van der Waals surface area contributed by atoms with Gasteiger partial charge in [-0.25, -0.2) is 0 Å². The molecule has 6 aromatic rings. The molecule has 4 heterocycles. The minimum absolute atomic E-state index is 0.111. The molecule has 64 heavy (non-hydrogen) atoms. The number of rotatable bonds is 19. The fourth-order valence-corrected chi connectivity index (χ4v) is 10.4. The van der Waals surface area contributed by atoms with Gasteiger partial charge in [0, 0.05) is 87.5 Å². The molecule has 0 aliphatic carbocycles. The average Bonchev–Trinajstić information content (AvgIpc) is 3.81. The van der Waals surface area contributed by atoms with Crippen LogP contribution in [0.3, 0.4) is 0 Å². The summed E-state index contributed by atoms with van der Waals surface area (Å²) in [6, 6.07) is 38.8. The van der Waals surface area contributed by atoms with E-state index in [1.165, 1.54) is 64.2 Å². The van der Waals surface area contributed by atoms with Crippen LogP contribution in [0.1, 0.15) is 62.5 Å². The Hall–Kier alpha value is -5.46. The van der Waals surface area contributed by atoms with Crippen molar-refractivity contribution in [3.63, 3.8) is 0 Å². The Morgan fingerprint density at radius 2 is 1.11 bits per heavy atom. The number of aromatic nitrogens is 2. The van der Waals surface area contributed by atoms with Gasteiger partial charge in [-0.2, -0.15) is 9.13 Å². The van der Waals surface area contributed by atoms with Crippen molar-refractivity contribution in [2.75, 3.05) is 57.7 Å². The molecule has 8 rings (SSSR count). The van der Waals surface area contributed by atoms with Gasteiger partial charge in [0.1, 0.15) is 18.9 Å². The highest BCUT2D eigenvalue weighted by molar-refractivity contribution is 8.04. The summed E-state index contributed by atoms with van der Waals surface area (Å²) in [7, 11) is 7.73. The van der Waals surface area contributed by atoms with Gasteiger partial charge < -0.3 is 25.2 Å². The van der Waals surface area contributed by atoms with E-state index in [0.29, 0.717) is 38.3 Å². The zero-order valence-electron chi connectivity index (χ0n) is 37.7. The molecule has 332 valence electrons. The largest absolute Gasteiger partial charge is 0.383 e. The van der Waals surface area contributed by atoms with Crippen LogP contribution in [0.2, 0.25) is 0 Å². The number of ether oxygens (including phenoxy) is 1. The van der Waals surface area contributed by atoms with Gasteiger partial charge in [-0.3, -0.25) is 9.59 Å². The Morgan fingerprint density at radius 1 is 0.625 bits per heavy atom. The first-order valence-corrected chi connectivity index (χ1v) is 24.2. The van der Waals surface area contributed by atoms with Crippen LogP contribution < -0.4 is 29.6 Å². The van der Waals surface area contributed by atoms with E-state index in [1.807, 2.05) is 30.6 Å². The molecule has 0 fully saturated rings. The van der Waals surface area contributed by atoms with Crippen molar-refractivity contribution < 1.29 is 23.5 Å². The Morgan fingerprint density at radius 3 is 1.61 bits per heavy atom. The Kier molecular flexibility index (Phi) is 17.1. The lowest BCUT2D eigenvalue weighted by molar-refractivity contribution is -0.672. The number of amides is 1. The van der Waals surface area contributed by atoms with Gasteiger partial charge in [0.15, 0.2) is 12.4 Å². The van der Waals surface area contributed by atoms with Crippen LogP contribution in [0, 0.1) is 0 Å². The minimum Gasteiger partial charge on any atom is -0.383 e. The maximum atomic E-state index is 11.8. The number of nitrogens with zero attached hydrogens (tertiary/aromatic N) is 4. The lowest BCUT2D eigenvalue weighted by Crippen LogP contribution is -2.34. The molecule has 11 heteroatoms. The number of Topliss-reactive ketones (excluding diaryl/α,β-unsaturated/α-hetero) is 1. The molecule has 2 aromatic heterocycles. The number of methoxy groups -OCH3 is 1. The molecule has 9 nitrogen and oxygen atoms in total. The number of fused-ring (bicyclic) bond motifs is 4. The molecule has 1 amide bonds. The zero-order chi connectivity index (χ0) is 44.7. The predicted octanol–water partition coefficient (Wildman–Crippen LogP) is 10.0. The number of carbonyl (C=O) groups excluding carboxylic acids is 2. The summed E-state index contributed by atoms with van der Waals surface area (Å²) in [5.74, 6) is 0.411. The average molecular weight is 895 g/mol. The van der Waals surface area contributed by atoms with E-state index in [1.54, 1.807) is 7.11 Å². The smallest absolute Gasteiger partial charge is 0.220 e. The van der Waals surface area contributed by atoms with Gasteiger partial charge in [-0.15, -0.1) is 0 Å². The van der Waals surface area contributed by atoms with Gasteiger partial charge in [-0.05, 0) is 92.4 Å². The zero-order valence-corrected chi connectivity index (χ0v) is 39.4. The molecule has 4 aromatic carbocycles. The molecule has 0 bridgehead atoms. The number of para-hydroxylation sites is 4. The lowest BCUT2D eigenvalue weighted by Gasteiger charge is -2.13. The molecule has 2 N–H and O–H groups in total. The van der Waals surface area contributed by atoms with Crippen LogP contribution >= 0.6 is 23.5 Å². The van der Waals surface area contributed by atoms with Gasteiger partial charge in [0.25, 0.3) is 0 Å². The number of nitrogens with one attached hydrogen (secondary N) is 2. The van der Waals surface area contributed by atoms with E-state index in [4.69, 9.17) is 4.74 Å². The number of benzene rings is 4. The number of likely N-dealkylation sites (N-methyl/N-ethyl adjacent to an activating group) is 1. The van der Waals surface area contributed by atoms with Gasteiger partial charge in [0.2, 0.25) is 16.9 Å². The maximum Gasteiger partial charge on any atom is 0.220 e. The first kappa shape index (κ1) is 46.5. The van der Waals surface area contributed by atoms with Crippen molar-refractivity contribution in [3.8, 4) is 0 Å². The van der Waals surface area contributed by atoms with Crippen molar-refractivity contribution in [2.24, 2.45) is 0 Å². The second-order valence-corrected chi connectivity index (χ2v) is 18.3. The fourth-order valence-electron chi connectivity index (χ4n) is 8.21. The van der Waals surface area contributed by atoms with Crippen molar-refractivity contribution in [2.45, 2.75) is 74.2 Å². The van der Waals surface area contributed by atoms with E-state index < -0.39 is 0 Å². The molecule has 0 radical (unpaired) electrons. The van der Waals surface area contributed by atoms with Crippen LogP contribution in [-0.4, -0.2) is 59.6 Å². The van der Waals surface area contributed by atoms with Crippen molar-refractivity contribution in [1.82, 2.24) is 10.6 Å². The van der Waals surface area contributed by atoms with E-state index >= 15 is 0 Å². The first-order valence-electron chi connectivity index (χ1n) is 22.5. The second-order valence-electron chi connectivity index (χ2n) is 16.2. The van der Waals surface area contributed by atoms with E-state index in [2.05, 4.69) is 177 Å². The molecule has 0 saturated heterocycles. The summed E-state index contributed by atoms with van der Waals surface area (Å²) in [6.45, 7) is 3.54. The number of pyridine rings is 2. The van der Waals surface area contributed by atoms with Gasteiger partial charge in [-0.1, -0.05) is 72.1 Å². The summed E-state index contributed by atoms with van der Waals surface area (Å²) in [5.41, 5.74) is 7.50. The highest BCUT2D eigenvalue weighted by Gasteiger charge is 2.24. The monoisotopic (exact) mass is 894 g/mol. The lowest BCUT2D eigenvalue weighted by atomic mass is 10.1. The summed E-state index contributed by atoms with van der Waals surface area (Å²) in [6.07, 6.45) is 16.3. The number of hydrogen-bond acceptors (Lipinski definition) is 8. The Labute approximate surface area is 387 Å². The molecule has 0 unspecified atom stereocenters. The van der Waals surface area contributed by atoms with Crippen LogP contribution in [0.5, 0.6) is 0 Å². The van der Waals surface area contributed by atoms with Crippen LogP contribution in [0.15, 0.2) is 141 Å². The van der Waals surface area contributed by atoms with E-state index in [0.717, 1.165) is 51.6 Å². The number of thioether (sulfide) groups is 2. The Balaban J connectivity index is 0.000000192. The quantitative estimate of drug-likeness (QED) is 0.0615. The molecule has 2 aliphatic heterocycles. The van der Waals surface area contributed by atoms with Gasteiger partial charge in [0.05, 0.1) is 45.4 Å². The summed E-state index contributed by atoms with van der Waals surface area (Å²) in [5, 5.41) is 10.8. The fraction of sp³-hybridized carbons (Fsp3) is 0.321. The predicted molar refractivity (Wildman–Crippen MR) is 266 cm³/mol. The van der Waals surface area contributed by atoms with Crippen LogP contribution in [-0.2, 0) is 27.4 Å². The minimum atomic E-state index is 0.111. The molecule has 0 atom stereocenters. The van der Waals surface area contributed by atoms with E-state index in [9.17, 15) is 9.59 Å². The summed E-state index contributed by atoms with van der Waals surface area (Å²) in [4.78, 5) is 30.6. The van der Waals surface area contributed by atoms with Gasteiger partial charge >= 0.3 is 0 Å². The second kappa shape index (κ2) is 23.5. The summed E-state index contributed by atoms with van der Waals surface area (Å²) < 4.78 is 9.63. The third-order valence-electron chi connectivity index (χ3n) is 11.7. The number of aryl methyl sites for hydroxylation is 2. The topological polar surface area (TPSA) is 81.7 Å². The van der Waals surface area contributed by atoms with E-state index in [-0.39, 0.29) is 5.91 Å². The van der Waals surface area contributed by atoms with Crippen molar-refractivity contribution >= 4 is 80.5 Å². The SMILES string of the molecule is CNCC(=O)CCCCC[n+]1ccc(C=C2Sc3ccccc3N2C)c2ccccc21.COCCNC(=O)CCCCC[n+]1ccc(C=C2Sc3ccccc3N2C)c2ccccc21. The highest BCUT2D eigenvalue weighted by atomic mass is 32.2. The molecule has 0 spiro atoms. The first-order chi connectivity index (χ1) is 31.3.